The molecule has 1 aliphatic rings. The molecule has 0 radical (unpaired) electrons. The van der Waals surface area contributed by atoms with Gasteiger partial charge in [0, 0.05) is 17.5 Å². The van der Waals surface area contributed by atoms with E-state index in [-0.39, 0.29) is 5.91 Å². The van der Waals surface area contributed by atoms with Crippen LogP contribution in [0, 0.1) is 0 Å². The molecule has 0 aliphatic carbocycles. The van der Waals surface area contributed by atoms with Crippen LogP contribution in [-0.2, 0) is 0 Å². The highest BCUT2D eigenvalue weighted by molar-refractivity contribution is 6.12. The quantitative estimate of drug-likeness (QED) is 0.779. The largest absolute Gasteiger partial charge is 0.295 e. The molecule has 0 atom stereocenters. The minimum atomic E-state index is -0.157. The normalized spacial score (nSPS) is 14.6. The Morgan fingerprint density at radius 2 is 2.31 bits per heavy atom. The Bertz CT molecular complexity index is 599. The Kier molecular flexibility index (Phi) is 1.80. The third kappa shape index (κ3) is 1.08. The lowest BCUT2D eigenvalue weighted by Crippen LogP contribution is -2.25. The number of hydrogen-bond acceptors (Lipinski definition) is 3. The molecule has 5 nitrogen and oxygen atoms in total. The fourth-order valence-electron chi connectivity index (χ4n) is 1.89. The highest BCUT2D eigenvalue weighted by Crippen LogP contribution is 2.23. The number of hydrazone groups is 1. The molecule has 2 aromatic rings. The van der Waals surface area contributed by atoms with Crippen molar-refractivity contribution in [2.45, 2.75) is 6.92 Å². The molecule has 1 aromatic carbocycles. The van der Waals surface area contributed by atoms with E-state index >= 15 is 0 Å². The molecule has 16 heavy (non-hydrogen) atoms. The molecule has 1 amide bonds. The van der Waals surface area contributed by atoms with Crippen molar-refractivity contribution in [3.63, 3.8) is 0 Å². The Balaban J connectivity index is 2.36. The number of H-pyrrole nitrogens is 1. The molecule has 0 saturated carbocycles. The second-order valence-electron chi connectivity index (χ2n) is 3.61. The summed E-state index contributed by atoms with van der Waals surface area (Å²) in [5.74, 6) is -0.157. The number of hydrogen-bond donors (Lipinski definition) is 1. The molecule has 3 rings (SSSR count). The maximum Gasteiger partial charge on any atom is 0.295 e. The van der Waals surface area contributed by atoms with Crippen molar-refractivity contribution in [1.82, 2.24) is 15.2 Å². The zero-order valence-corrected chi connectivity index (χ0v) is 8.77. The van der Waals surface area contributed by atoms with Gasteiger partial charge in [-0.15, -0.1) is 0 Å². The van der Waals surface area contributed by atoms with E-state index in [4.69, 9.17) is 0 Å². The third-order valence-electron chi connectivity index (χ3n) is 2.69. The van der Waals surface area contributed by atoms with Crippen molar-refractivity contribution in [1.29, 1.82) is 0 Å². The van der Waals surface area contributed by atoms with Gasteiger partial charge in [0.15, 0.2) is 5.69 Å². The average Bonchev–Trinajstić information content (AvgIpc) is 2.67. The van der Waals surface area contributed by atoms with Crippen molar-refractivity contribution in [3.05, 3.63) is 29.5 Å². The molecule has 0 unspecified atom stereocenters. The monoisotopic (exact) mass is 214 g/mol. The molecule has 1 aromatic heterocycles. The van der Waals surface area contributed by atoms with Gasteiger partial charge in [0.05, 0.1) is 11.7 Å². The summed E-state index contributed by atoms with van der Waals surface area (Å²) >= 11 is 0. The molecule has 5 heteroatoms. The van der Waals surface area contributed by atoms with Crippen molar-refractivity contribution in [3.8, 4) is 0 Å². The fourth-order valence-corrected chi connectivity index (χ4v) is 1.89. The van der Waals surface area contributed by atoms with E-state index in [1.165, 1.54) is 5.01 Å². The number of carbonyl (C=O) groups excluding carboxylic acids is 1. The van der Waals surface area contributed by atoms with Crippen LogP contribution in [0.3, 0.4) is 0 Å². The summed E-state index contributed by atoms with van der Waals surface area (Å²) in [7, 11) is 0. The zero-order chi connectivity index (χ0) is 11.1. The van der Waals surface area contributed by atoms with Crippen molar-refractivity contribution < 1.29 is 4.79 Å². The van der Waals surface area contributed by atoms with E-state index < -0.39 is 0 Å². The molecular weight excluding hydrogens is 204 g/mol. The lowest BCUT2D eigenvalue weighted by atomic mass is 10.1. The zero-order valence-electron chi connectivity index (χ0n) is 8.77. The summed E-state index contributed by atoms with van der Waals surface area (Å²) in [6.45, 7) is 2.42. The minimum absolute atomic E-state index is 0.157. The van der Waals surface area contributed by atoms with Crippen LogP contribution < -0.4 is 0 Å². The van der Waals surface area contributed by atoms with Crippen molar-refractivity contribution in [2.75, 3.05) is 6.54 Å². The third-order valence-corrected chi connectivity index (χ3v) is 2.69. The van der Waals surface area contributed by atoms with Gasteiger partial charge in [-0.2, -0.15) is 10.2 Å². The highest BCUT2D eigenvalue weighted by atomic mass is 16.2. The lowest BCUT2D eigenvalue weighted by Gasteiger charge is -2.10. The maximum atomic E-state index is 12.0. The first-order chi connectivity index (χ1) is 7.81. The van der Waals surface area contributed by atoms with E-state index in [0.29, 0.717) is 12.2 Å². The predicted molar refractivity (Wildman–Crippen MR) is 60.4 cm³/mol. The van der Waals surface area contributed by atoms with E-state index in [0.717, 1.165) is 16.5 Å². The molecule has 0 bridgehead atoms. The van der Waals surface area contributed by atoms with Gasteiger partial charge in [-0.05, 0) is 13.0 Å². The smallest absolute Gasteiger partial charge is 0.277 e. The molecular formula is C11H10N4O. The van der Waals surface area contributed by atoms with E-state index in [1.807, 2.05) is 25.1 Å². The van der Waals surface area contributed by atoms with Gasteiger partial charge in [0.25, 0.3) is 5.91 Å². The van der Waals surface area contributed by atoms with Gasteiger partial charge in [-0.3, -0.25) is 9.89 Å². The number of nitrogens with zero attached hydrogens (tertiary/aromatic N) is 3. The van der Waals surface area contributed by atoms with Gasteiger partial charge in [0.1, 0.15) is 0 Å². The topological polar surface area (TPSA) is 61.4 Å². The first kappa shape index (κ1) is 9.08. The second-order valence-corrected chi connectivity index (χ2v) is 3.61. The number of carbonyl (C=O) groups is 1. The molecule has 2 heterocycles. The number of aromatic nitrogens is 2. The Morgan fingerprint density at radius 3 is 3.12 bits per heavy atom. The second kappa shape index (κ2) is 3.16. The minimum Gasteiger partial charge on any atom is -0.277 e. The van der Waals surface area contributed by atoms with Crippen molar-refractivity contribution >= 4 is 23.0 Å². The van der Waals surface area contributed by atoms with E-state index in [1.54, 1.807) is 6.21 Å². The summed E-state index contributed by atoms with van der Waals surface area (Å²) < 4.78 is 0. The number of amides is 1. The van der Waals surface area contributed by atoms with Crippen LogP contribution in [0.4, 0.5) is 0 Å². The van der Waals surface area contributed by atoms with Crippen LogP contribution in [0.5, 0.6) is 0 Å². The first-order valence-corrected chi connectivity index (χ1v) is 5.14. The first-order valence-electron chi connectivity index (χ1n) is 5.14. The predicted octanol–water partition coefficient (Wildman–Crippen LogP) is 1.37. The SMILES string of the molecule is CCN1N=Cc2cccc3[nH]nc(c23)C1=O. The van der Waals surface area contributed by atoms with Crippen molar-refractivity contribution in [2.24, 2.45) is 5.10 Å². The molecule has 0 fully saturated rings. The Labute approximate surface area is 91.8 Å². The van der Waals surface area contributed by atoms with Crippen LogP contribution in [-0.4, -0.2) is 33.9 Å². The number of aromatic amines is 1. The Hall–Kier alpha value is -2.17. The van der Waals surface area contributed by atoms with Gasteiger partial charge < -0.3 is 0 Å². The molecule has 80 valence electrons. The number of nitrogens with one attached hydrogen (secondary N) is 1. The number of benzene rings is 1. The van der Waals surface area contributed by atoms with Gasteiger partial charge in [-0.1, -0.05) is 12.1 Å². The fraction of sp³-hybridized carbons (Fsp3) is 0.182. The highest BCUT2D eigenvalue weighted by Gasteiger charge is 2.23. The van der Waals surface area contributed by atoms with Gasteiger partial charge in [0.2, 0.25) is 0 Å². The van der Waals surface area contributed by atoms with E-state index in [2.05, 4.69) is 15.3 Å². The van der Waals surface area contributed by atoms with Crippen LogP contribution in [0.25, 0.3) is 10.9 Å². The number of rotatable bonds is 1. The van der Waals surface area contributed by atoms with Crippen LogP contribution in [0.1, 0.15) is 23.0 Å². The van der Waals surface area contributed by atoms with Gasteiger partial charge >= 0.3 is 0 Å². The van der Waals surface area contributed by atoms with Crippen LogP contribution in [0.15, 0.2) is 23.3 Å². The Morgan fingerprint density at radius 1 is 1.44 bits per heavy atom. The summed E-state index contributed by atoms with van der Waals surface area (Å²) in [5, 5.41) is 13.3. The summed E-state index contributed by atoms with van der Waals surface area (Å²) in [6.07, 6.45) is 1.70. The van der Waals surface area contributed by atoms with Crippen LogP contribution in [0.2, 0.25) is 0 Å². The molecule has 1 N–H and O–H groups in total. The molecule has 0 spiro atoms. The van der Waals surface area contributed by atoms with Gasteiger partial charge in [-0.25, -0.2) is 5.01 Å². The standard InChI is InChI=1S/C11H10N4O/c1-2-15-11(16)10-9-7(6-12-15)4-3-5-8(9)13-14-10/h3-6H,2H2,1H3,(H,13,14). The average molecular weight is 214 g/mol. The summed E-state index contributed by atoms with van der Waals surface area (Å²) in [5.41, 5.74) is 2.24. The van der Waals surface area contributed by atoms with E-state index in [9.17, 15) is 4.79 Å². The summed E-state index contributed by atoms with van der Waals surface area (Å²) in [4.78, 5) is 12.0. The maximum absolute atomic E-state index is 12.0. The van der Waals surface area contributed by atoms with Crippen LogP contribution >= 0.6 is 0 Å². The molecule has 1 aliphatic heterocycles. The lowest BCUT2D eigenvalue weighted by molar-refractivity contribution is 0.0767. The molecule has 0 saturated heterocycles. The summed E-state index contributed by atoms with van der Waals surface area (Å²) in [6, 6.07) is 5.74.